The molecule has 0 bridgehead atoms. The van der Waals surface area contributed by atoms with Crippen LogP contribution in [0.3, 0.4) is 0 Å². The summed E-state index contributed by atoms with van der Waals surface area (Å²) in [6.07, 6.45) is -1.54. The van der Waals surface area contributed by atoms with E-state index in [1.165, 1.54) is 17.2 Å². The summed E-state index contributed by atoms with van der Waals surface area (Å²) in [5.74, 6) is -0.755. The maximum atomic E-state index is 12.9. The normalized spacial score (nSPS) is 18.4. The maximum Gasteiger partial charge on any atom is 0.433 e. The summed E-state index contributed by atoms with van der Waals surface area (Å²) in [7, 11) is 1.58. The van der Waals surface area contributed by atoms with Crippen molar-refractivity contribution in [1.82, 2.24) is 15.2 Å². The van der Waals surface area contributed by atoms with E-state index in [0.29, 0.717) is 6.42 Å². The van der Waals surface area contributed by atoms with Crippen LogP contribution in [0.25, 0.3) is 0 Å². The molecule has 1 aromatic rings. The van der Waals surface area contributed by atoms with E-state index in [1.807, 2.05) is 6.92 Å². The van der Waals surface area contributed by atoms with Gasteiger partial charge in [0.2, 0.25) is 0 Å². The van der Waals surface area contributed by atoms with Gasteiger partial charge in [-0.2, -0.15) is 13.2 Å². The van der Waals surface area contributed by atoms with Crippen LogP contribution in [-0.4, -0.2) is 47.5 Å². The van der Waals surface area contributed by atoms with Gasteiger partial charge in [0.1, 0.15) is 24.0 Å². The molecule has 27 heavy (non-hydrogen) atoms. The molecule has 4 N–H and O–H groups in total. The van der Waals surface area contributed by atoms with Crippen molar-refractivity contribution in [2.45, 2.75) is 31.7 Å². The molecule has 0 fully saturated rings. The van der Waals surface area contributed by atoms with Crippen LogP contribution in [0, 0.1) is 0 Å². The van der Waals surface area contributed by atoms with Crippen molar-refractivity contribution in [3.8, 4) is 0 Å². The molecular weight excluding hydrogens is 365 g/mol. The average molecular weight is 384 g/mol. The summed E-state index contributed by atoms with van der Waals surface area (Å²) in [6, 6.07) is 1.66. The number of nitrogens with one attached hydrogen (secondary N) is 2. The first-order valence-corrected chi connectivity index (χ1v) is 8.00. The van der Waals surface area contributed by atoms with Crippen molar-refractivity contribution in [1.29, 1.82) is 0 Å². The van der Waals surface area contributed by atoms with Crippen molar-refractivity contribution in [3.05, 3.63) is 35.5 Å². The molecule has 2 heterocycles. The van der Waals surface area contributed by atoms with Gasteiger partial charge in [0, 0.05) is 25.1 Å². The Balaban J connectivity index is 2.34. The van der Waals surface area contributed by atoms with E-state index in [2.05, 4.69) is 20.6 Å². The van der Waals surface area contributed by atoms with E-state index < -0.39 is 30.0 Å². The summed E-state index contributed by atoms with van der Waals surface area (Å²) >= 11 is 0. The monoisotopic (exact) mass is 384 g/mol. The second kappa shape index (κ2) is 8.16. The lowest BCUT2D eigenvalue weighted by Gasteiger charge is -2.35. The van der Waals surface area contributed by atoms with Gasteiger partial charge in [-0.25, -0.2) is 4.99 Å². The van der Waals surface area contributed by atoms with Gasteiger partial charge in [-0.05, 0) is 18.6 Å². The number of amides is 1. The highest BCUT2D eigenvalue weighted by Crippen LogP contribution is 2.29. The summed E-state index contributed by atoms with van der Waals surface area (Å²) in [5.41, 5.74) is 4.14. The molecule has 1 aliphatic heterocycles. The zero-order chi connectivity index (χ0) is 20.2. The summed E-state index contributed by atoms with van der Waals surface area (Å²) in [4.78, 5) is 31.5. The smallest absolute Gasteiger partial charge is 0.364 e. The number of pyridine rings is 1. The molecule has 2 atom stereocenters. The maximum absolute atomic E-state index is 12.9. The van der Waals surface area contributed by atoms with Crippen molar-refractivity contribution in [3.63, 3.8) is 0 Å². The Hall–Kier alpha value is -2.95. The third kappa shape index (κ3) is 4.82. The number of aliphatic imine (C=N–C) groups is 1. The lowest BCUT2D eigenvalue weighted by Crippen LogP contribution is -2.52. The second-order valence-corrected chi connectivity index (χ2v) is 5.77. The van der Waals surface area contributed by atoms with Crippen LogP contribution in [0.15, 0.2) is 34.8 Å². The fourth-order valence-electron chi connectivity index (χ4n) is 2.37. The van der Waals surface area contributed by atoms with Crippen LogP contribution in [0.1, 0.15) is 19.0 Å². The Kier molecular flexibility index (Phi) is 6.16. The van der Waals surface area contributed by atoms with Gasteiger partial charge >= 0.3 is 6.18 Å². The van der Waals surface area contributed by atoms with E-state index in [1.54, 1.807) is 7.05 Å². The van der Waals surface area contributed by atoms with Gasteiger partial charge in [0.05, 0.1) is 6.04 Å². The minimum atomic E-state index is -4.61. The van der Waals surface area contributed by atoms with E-state index in [9.17, 15) is 22.8 Å². The highest BCUT2D eigenvalue weighted by Gasteiger charge is 2.33. The van der Waals surface area contributed by atoms with Gasteiger partial charge in [-0.3, -0.25) is 15.1 Å². The molecule has 146 valence electrons. The SMILES string of the molecule is CCC(C=O)NC1C=NC(C(N)=O)=C(Nc2ccnc(C(F)(F)F)c2)N1C. The third-order valence-corrected chi connectivity index (χ3v) is 3.87. The molecule has 2 unspecified atom stereocenters. The number of hydrogen-bond acceptors (Lipinski definition) is 7. The molecule has 0 aliphatic carbocycles. The fourth-order valence-corrected chi connectivity index (χ4v) is 2.37. The van der Waals surface area contributed by atoms with Crippen LogP contribution in [0.4, 0.5) is 18.9 Å². The van der Waals surface area contributed by atoms with Crippen LogP contribution in [0.2, 0.25) is 0 Å². The van der Waals surface area contributed by atoms with Gasteiger partial charge in [-0.15, -0.1) is 0 Å². The number of hydrogen-bond donors (Lipinski definition) is 3. The van der Waals surface area contributed by atoms with Crippen LogP contribution in [0.5, 0.6) is 0 Å². The van der Waals surface area contributed by atoms with E-state index in [0.717, 1.165) is 18.5 Å². The molecule has 0 spiro atoms. The first kappa shape index (κ1) is 20.4. The topological polar surface area (TPSA) is 113 Å². The third-order valence-electron chi connectivity index (χ3n) is 3.87. The predicted octanol–water partition coefficient (Wildman–Crippen LogP) is 1.08. The molecule has 0 saturated heterocycles. The van der Waals surface area contributed by atoms with E-state index >= 15 is 0 Å². The second-order valence-electron chi connectivity index (χ2n) is 5.77. The zero-order valence-electron chi connectivity index (χ0n) is 14.6. The lowest BCUT2D eigenvalue weighted by atomic mass is 10.2. The number of primary amides is 1. The molecule has 8 nitrogen and oxygen atoms in total. The zero-order valence-corrected chi connectivity index (χ0v) is 14.6. The number of alkyl halides is 3. The molecule has 0 aromatic carbocycles. The van der Waals surface area contributed by atoms with Crippen molar-refractivity contribution in [2.24, 2.45) is 10.7 Å². The quantitative estimate of drug-likeness (QED) is 0.607. The molecule has 1 aliphatic rings. The number of carbonyl (C=O) groups is 2. The number of rotatable bonds is 7. The number of anilines is 1. The van der Waals surface area contributed by atoms with Crippen LogP contribution < -0.4 is 16.4 Å². The Morgan fingerprint density at radius 1 is 1.48 bits per heavy atom. The average Bonchev–Trinajstić information content (AvgIpc) is 2.61. The minimum Gasteiger partial charge on any atom is -0.364 e. The standard InChI is InChI=1S/C16H19F3N6O2/c1-3-9(8-26)23-12-7-22-13(14(20)27)15(25(12)2)24-10-4-5-21-11(6-10)16(17,18)19/h4-9,12,23H,3H2,1-2H3,(H2,20,27)(H,21,24). The Morgan fingerprint density at radius 3 is 2.74 bits per heavy atom. The Labute approximate surface area is 153 Å². The molecule has 1 amide bonds. The van der Waals surface area contributed by atoms with E-state index in [4.69, 9.17) is 5.73 Å². The highest BCUT2D eigenvalue weighted by molar-refractivity contribution is 5.95. The number of nitrogens with two attached hydrogens (primary N) is 1. The first-order chi connectivity index (χ1) is 12.7. The summed E-state index contributed by atoms with van der Waals surface area (Å²) < 4.78 is 38.6. The van der Waals surface area contributed by atoms with Gasteiger partial charge < -0.3 is 20.7 Å². The number of aldehydes is 1. The molecule has 0 radical (unpaired) electrons. The van der Waals surface area contributed by atoms with Crippen LogP contribution >= 0.6 is 0 Å². The predicted molar refractivity (Wildman–Crippen MR) is 92.4 cm³/mol. The van der Waals surface area contributed by atoms with E-state index in [-0.39, 0.29) is 17.2 Å². The van der Waals surface area contributed by atoms with Gasteiger partial charge in [0.25, 0.3) is 5.91 Å². The van der Waals surface area contributed by atoms with Crippen molar-refractivity contribution >= 4 is 24.1 Å². The molecule has 0 saturated carbocycles. The Morgan fingerprint density at radius 2 is 2.19 bits per heavy atom. The fraction of sp³-hybridized carbons (Fsp3) is 0.375. The van der Waals surface area contributed by atoms with Crippen LogP contribution in [-0.2, 0) is 15.8 Å². The molecule has 11 heteroatoms. The van der Waals surface area contributed by atoms with Gasteiger partial charge in [0.15, 0.2) is 5.70 Å². The largest absolute Gasteiger partial charge is 0.433 e. The van der Waals surface area contributed by atoms with Crippen molar-refractivity contribution in [2.75, 3.05) is 12.4 Å². The first-order valence-electron chi connectivity index (χ1n) is 8.00. The highest BCUT2D eigenvalue weighted by atomic mass is 19.4. The van der Waals surface area contributed by atoms with Gasteiger partial charge in [-0.1, -0.05) is 6.92 Å². The number of halogens is 3. The Bertz CT molecular complexity index is 778. The molecule has 2 rings (SSSR count). The summed E-state index contributed by atoms with van der Waals surface area (Å²) in [5, 5.41) is 5.74. The molecule has 1 aromatic heterocycles. The number of aromatic nitrogens is 1. The minimum absolute atomic E-state index is 0.0520. The summed E-state index contributed by atoms with van der Waals surface area (Å²) in [6.45, 7) is 1.81. The number of nitrogens with zero attached hydrogens (tertiary/aromatic N) is 3. The van der Waals surface area contributed by atoms with Crippen molar-refractivity contribution < 1.29 is 22.8 Å². The lowest BCUT2D eigenvalue weighted by molar-refractivity contribution is -0.141. The number of carbonyl (C=O) groups excluding carboxylic acids is 2. The molecular formula is C16H19F3N6O2.